The Bertz CT molecular complexity index is 460. The van der Waals surface area contributed by atoms with Crippen LogP contribution in [0.5, 0.6) is 5.75 Å². The highest BCUT2D eigenvalue weighted by Crippen LogP contribution is 2.26. The van der Waals surface area contributed by atoms with Gasteiger partial charge in [0, 0.05) is 0 Å². The lowest BCUT2D eigenvalue weighted by Crippen LogP contribution is -1.99. The molecule has 0 saturated heterocycles. The van der Waals surface area contributed by atoms with Crippen LogP contribution in [0.25, 0.3) is 0 Å². The molecule has 3 nitrogen and oxygen atoms in total. The molecule has 2 aromatic rings. The van der Waals surface area contributed by atoms with Crippen LogP contribution in [0.2, 0.25) is 0 Å². The van der Waals surface area contributed by atoms with Crippen LogP contribution in [0, 0.1) is 0 Å². The Morgan fingerprint density at radius 3 is 2.81 bits per heavy atom. The number of hydrogen-bond donors (Lipinski definition) is 0. The fraction of sp³-hybridized carbons (Fsp3) is 0.308. The van der Waals surface area contributed by atoms with Gasteiger partial charge in [-0.15, -0.1) is 0 Å². The van der Waals surface area contributed by atoms with Gasteiger partial charge in [0.1, 0.15) is 0 Å². The minimum Gasteiger partial charge on any atom is -0.487 e. The third kappa shape index (κ3) is 2.24. The molecule has 16 heavy (non-hydrogen) atoms. The van der Waals surface area contributed by atoms with E-state index in [-0.39, 0.29) is 0 Å². The van der Waals surface area contributed by atoms with Crippen molar-refractivity contribution in [2.75, 3.05) is 0 Å². The summed E-state index contributed by atoms with van der Waals surface area (Å²) < 4.78 is 7.57. The minimum absolute atomic E-state index is 0.439. The van der Waals surface area contributed by atoms with Crippen LogP contribution in [0.4, 0.5) is 0 Å². The smallest absolute Gasteiger partial charge is 0.157 e. The lowest BCUT2D eigenvalue weighted by atomic mass is 10.2. The number of rotatable bonds is 4. The Morgan fingerprint density at radius 2 is 2.06 bits per heavy atom. The second kappa shape index (κ2) is 4.00. The van der Waals surface area contributed by atoms with Gasteiger partial charge in [0.15, 0.2) is 5.75 Å². The predicted octanol–water partition coefficient (Wildman–Crippen LogP) is 2.47. The van der Waals surface area contributed by atoms with E-state index in [2.05, 4.69) is 17.2 Å². The zero-order valence-electron chi connectivity index (χ0n) is 9.04. The Balaban J connectivity index is 1.67. The van der Waals surface area contributed by atoms with E-state index < -0.39 is 0 Å². The summed E-state index contributed by atoms with van der Waals surface area (Å²) >= 11 is 0. The highest BCUT2D eigenvalue weighted by atomic mass is 16.5. The molecule has 3 heteroatoms. The van der Waals surface area contributed by atoms with Crippen molar-refractivity contribution in [1.82, 2.24) is 9.78 Å². The first kappa shape index (κ1) is 9.46. The first-order valence-electron chi connectivity index (χ1n) is 5.63. The van der Waals surface area contributed by atoms with Crippen molar-refractivity contribution < 1.29 is 4.74 Å². The van der Waals surface area contributed by atoms with E-state index in [9.17, 15) is 0 Å². The van der Waals surface area contributed by atoms with Gasteiger partial charge in [-0.2, -0.15) is 5.10 Å². The zero-order chi connectivity index (χ0) is 10.8. The summed E-state index contributed by atoms with van der Waals surface area (Å²) in [5.74, 6) is 0.887. The van der Waals surface area contributed by atoms with E-state index in [1.54, 1.807) is 6.20 Å². The monoisotopic (exact) mass is 214 g/mol. The summed E-state index contributed by atoms with van der Waals surface area (Å²) in [5.41, 5.74) is 1.25. The van der Waals surface area contributed by atoms with Crippen LogP contribution in [0.3, 0.4) is 0 Å². The molecule has 0 atom stereocenters. The minimum atomic E-state index is 0.439. The molecular formula is C13H14N2O. The second-order valence-electron chi connectivity index (χ2n) is 4.18. The highest BCUT2D eigenvalue weighted by molar-refractivity contribution is 5.17. The van der Waals surface area contributed by atoms with Crippen molar-refractivity contribution in [3.63, 3.8) is 0 Å². The number of benzene rings is 1. The molecule has 1 aromatic carbocycles. The summed E-state index contributed by atoms with van der Waals surface area (Å²) in [6, 6.07) is 10.3. The number of aromatic nitrogens is 2. The van der Waals surface area contributed by atoms with Crippen molar-refractivity contribution >= 4 is 0 Å². The third-order valence-electron chi connectivity index (χ3n) is 2.62. The molecule has 0 unspecified atom stereocenters. The van der Waals surface area contributed by atoms with Gasteiger partial charge in [-0.05, 0) is 18.4 Å². The maximum atomic E-state index is 5.66. The molecule has 1 aliphatic carbocycles. The van der Waals surface area contributed by atoms with Crippen molar-refractivity contribution in [1.29, 1.82) is 0 Å². The predicted molar refractivity (Wildman–Crippen MR) is 61.4 cm³/mol. The Labute approximate surface area is 94.7 Å². The Morgan fingerprint density at radius 1 is 1.25 bits per heavy atom. The summed E-state index contributed by atoms with van der Waals surface area (Å²) in [6.07, 6.45) is 6.56. The van der Waals surface area contributed by atoms with Crippen LogP contribution < -0.4 is 4.74 Å². The van der Waals surface area contributed by atoms with Gasteiger partial charge in [0.2, 0.25) is 0 Å². The SMILES string of the molecule is c1ccc(Cn2cc(OC3CC3)cn2)cc1. The molecule has 82 valence electrons. The van der Waals surface area contributed by atoms with Gasteiger partial charge in [0.05, 0.1) is 25.0 Å². The van der Waals surface area contributed by atoms with E-state index in [1.165, 1.54) is 18.4 Å². The largest absolute Gasteiger partial charge is 0.487 e. The maximum Gasteiger partial charge on any atom is 0.157 e. The second-order valence-corrected chi connectivity index (χ2v) is 4.18. The fourth-order valence-electron chi connectivity index (χ4n) is 1.64. The lowest BCUT2D eigenvalue weighted by Gasteiger charge is -2.01. The van der Waals surface area contributed by atoms with Crippen LogP contribution in [-0.4, -0.2) is 15.9 Å². The third-order valence-corrected chi connectivity index (χ3v) is 2.62. The van der Waals surface area contributed by atoms with Crippen molar-refractivity contribution in [2.24, 2.45) is 0 Å². The molecule has 0 N–H and O–H groups in total. The zero-order valence-corrected chi connectivity index (χ0v) is 9.04. The van der Waals surface area contributed by atoms with Crippen molar-refractivity contribution in [3.8, 4) is 5.75 Å². The number of nitrogens with zero attached hydrogens (tertiary/aromatic N) is 2. The summed E-state index contributed by atoms with van der Waals surface area (Å²) in [5, 5.41) is 4.28. The van der Waals surface area contributed by atoms with Gasteiger partial charge in [-0.25, -0.2) is 0 Å². The van der Waals surface area contributed by atoms with Crippen LogP contribution in [-0.2, 0) is 6.54 Å². The summed E-state index contributed by atoms with van der Waals surface area (Å²) in [7, 11) is 0. The quantitative estimate of drug-likeness (QED) is 0.781. The standard InChI is InChI=1S/C13H14N2O/c1-2-4-11(5-3-1)9-15-10-13(8-14-15)16-12-6-7-12/h1-5,8,10,12H,6-7,9H2. The topological polar surface area (TPSA) is 27.1 Å². The molecule has 1 fully saturated rings. The average Bonchev–Trinajstić information content (AvgIpc) is 3.01. The fourth-order valence-corrected chi connectivity index (χ4v) is 1.64. The molecule has 1 saturated carbocycles. The van der Waals surface area contributed by atoms with Crippen molar-refractivity contribution in [2.45, 2.75) is 25.5 Å². The normalized spacial score (nSPS) is 15.0. The number of ether oxygens (including phenoxy) is 1. The van der Waals surface area contributed by atoms with Crippen LogP contribution in [0.1, 0.15) is 18.4 Å². The number of hydrogen-bond acceptors (Lipinski definition) is 2. The molecule has 1 heterocycles. The molecule has 0 bridgehead atoms. The van der Waals surface area contributed by atoms with E-state index in [4.69, 9.17) is 4.74 Å². The molecule has 0 radical (unpaired) electrons. The molecule has 1 aromatic heterocycles. The Hall–Kier alpha value is -1.77. The molecule has 0 spiro atoms. The lowest BCUT2D eigenvalue weighted by molar-refractivity contribution is 0.303. The first-order valence-corrected chi connectivity index (χ1v) is 5.63. The van der Waals surface area contributed by atoms with Gasteiger partial charge in [-0.1, -0.05) is 30.3 Å². The van der Waals surface area contributed by atoms with Gasteiger partial charge < -0.3 is 4.74 Å². The molecule has 0 amide bonds. The first-order chi connectivity index (χ1) is 7.90. The molecular weight excluding hydrogens is 200 g/mol. The van der Waals surface area contributed by atoms with E-state index in [0.29, 0.717) is 6.10 Å². The summed E-state index contributed by atoms with van der Waals surface area (Å²) in [4.78, 5) is 0. The van der Waals surface area contributed by atoms with E-state index in [1.807, 2.05) is 29.1 Å². The van der Waals surface area contributed by atoms with Crippen molar-refractivity contribution in [3.05, 3.63) is 48.3 Å². The highest BCUT2D eigenvalue weighted by Gasteiger charge is 2.23. The summed E-state index contributed by atoms with van der Waals surface area (Å²) in [6.45, 7) is 0.800. The average molecular weight is 214 g/mol. The van der Waals surface area contributed by atoms with E-state index >= 15 is 0 Å². The van der Waals surface area contributed by atoms with Gasteiger partial charge in [-0.3, -0.25) is 4.68 Å². The Kier molecular flexibility index (Phi) is 2.37. The van der Waals surface area contributed by atoms with Crippen LogP contribution in [0.15, 0.2) is 42.7 Å². The molecule has 3 rings (SSSR count). The van der Waals surface area contributed by atoms with Crippen LogP contribution >= 0.6 is 0 Å². The molecule has 1 aliphatic rings. The van der Waals surface area contributed by atoms with Gasteiger partial charge >= 0.3 is 0 Å². The van der Waals surface area contributed by atoms with E-state index in [0.717, 1.165) is 12.3 Å². The van der Waals surface area contributed by atoms with Gasteiger partial charge in [0.25, 0.3) is 0 Å². The molecule has 0 aliphatic heterocycles. The maximum absolute atomic E-state index is 5.66.